The summed E-state index contributed by atoms with van der Waals surface area (Å²) in [5.74, 6) is -1.30. The number of hydrogen-bond donors (Lipinski definition) is 2. The fourth-order valence-corrected chi connectivity index (χ4v) is 3.73. The first kappa shape index (κ1) is 20.8. The molecular weight excluding hydrogens is 396 g/mol. The van der Waals surface area contributed by atoms with Crippen molar-refractivity contribution in [2.75, 3.05) is 12.4 Å². The van der Waals surface area contributed by atoms with Crippen LogP contribution in [0.5, 0.6) is 5.75 Å². The molecule has 3 rings (SSSR count). The molecule has 9 heteroatoms. The van der Waals surface area contributed by atoms with Crippen molar-refractivity contribution in [2.24, 2.45) is 5.14 Å². The number of rotatable bonds is 6. The molecule has 0 heterocycles. The number of esters is 1. The predicted molar refractivity (Wildman–Crippen MR) is 106 cm³/mol. The number of nitrogens with two attached hydrogens (primary N) is 1. The Hall–Kier alpha value is -2.91. The van der Waals surface area contributed by atoms with E-state index in [4.69, 9.17) is 14.6 Å². The number of carbonyl (C=O) groups excluding carboxylic acids is 2. The molecule has 29 heavy (non-hydrogen) atoms. The van der Waals surface area contributed by atoms with E-state index in [1.54, 1.807) is 0 Å². The Bertz CT molecular complexity index is 1060. The number of ether oxygens (including phenoxy) is 2. The molecule has 1 amide bonds. The maximum Gasteiger partial charge on any atom is 0.342 e. The second-order valence-electron chi connectivity index (χ2n) is 6.78. The topological polar surface area (TPSA) is 125 Å². The van der Waals surface area contributed by atoms with Crippen molar-refractivity contribution in [3.05, 3.63) is 53.1 Å². The molecule has 0 spiro atoms. The summed E-state index contributed by atoms with van der Waals surface area (Å²) in [7, 11) is -2.69. The minimum Gasteiger partial charge on any atom is -0.496 e. The monoisotopic (exact) mass is 418 g/mol. The highest BCUT2D eigenvalue weighted by Crippen LogP contribution is 2.26. The maximum absolute atomic E-state index is 12.5. The Morgan fingerprint density at radius 1 is 1.10 bits per heavy atom. The minimum absolute atomic E-state index is 0.105. The molecule has 0 saturated heterocycles. The normalized spacial score (nSPS) is 14.0. The largest absolute Gasteiger partial charge is 0.496 e. The molecule has 0 bridgehead atoms. The summed E-state index contributed by atoms with van der Waals surface area (Å²) in [6.45, 7) is 1.43. The van der Waals surface area contributed by atoms with Gasteiger partial charge >= 0.3 is 5.97 Å². The molecule has 0 aromatic heterocycles. The fraction of sp³-hybridized carbons (Fsp3) is 0.300. The van der Waals surface area contributed by atoms with E-state index in [1.807, 2.05) is 18.2 Å². The lowest BCUT2D eigenvalue weighted by Gasteiger charge is -2.15. The van der Waals surface area contributed by atoms with Gasteiger partial charge in [0.2, 0.25) is 10.0 Å². The summed E-state index contributed by atoms with van der Waals surface area (Å²) in [6.07, 6.45) is 2.00. The van der Waals surface area contributed by atoms with Crippen LogP contribution in [0.2, 0.25) is 0 Å². The van der Waals surface area contributed by atoms with Crippen molar-refractivity contribution in [1.29, 1.82) is 0 Å². The number of methoxy groups -OCH3 is 1. The number of sulfonamides is 1. The van der Waals surface area contributed by atoms with Gasteiger partial charge in [0.05, 0.1) is 12.0 Å². The third kappa shape index (κ3) is 4.75. The molecule has 0 unspecified atom stereocenters. The molecule has 1 atom stereocenters. The zero-order valence-corrected chi connectivity index (χ0v) is 16.9. The van der Waals surface area contributed by atoms with Gasteiger partial charge in [-0.15, -0.1) is 0 Å². The zero-order chi connectivity index (χ0) is 21.2. The number of fused-ring (bicyclic) bond motifs is 1. The summed E-state index contributed by atoms with van der Waals surface area (Å²) < 4.78 is 33.4. The van der Waals surface area contributed by atoms with E-state index < -0.39 is 28.0 Å². The van der Waals surface area contributed by atoms with Crippen molar-refractivity contribution >= 4 is 27.6 Å². The van der Waals surface area contributed by atoms with E-state index in [0.29, 0.717) is 5.69 Å². The highest BCUT2D eigenvalue weighted by atomic mass is 32.2. The molecule has 2 aromatic rings. The average Bonchev–Trinajstić information content (AvgIpc) is 3.14. The van der Waals surface area contributed by atoms with Crippen molar-refractivity contribution in [2.45, 2.75) is 37.2 Å². The fourth-order valence-electron chi connectivity index (χ4n) is 3.19. The maximum atomic E-state index is 12.5. The van der Waals surface area contributed by atoms with Gasteiger partial charge in [0.25, 0.3) is 5.91 Å². The van der Waals surface area contributed by atoms with Crippen LogP contribution in [0.4, 0.5) is 5.69 Å². The quantitative estimate of drug-likeness (QED) is 0.692. The zero-order valence-electron chi connectivity index (χ0n) is 16.1. The number of carbonyl (C=O) groups is 2. The summed E-state index contributed by atoms with van der Waals surface area (Å²) in [4.78, 5) is 24.7. The molecule has 0 aliphatic heterocycles. The standard InChI is InChI=1S/C20H22N2O6S/c1-12(19(23)22-15-7-6-13-4-3-5-14(13)10-15)28-20(24)17-11-16(29(21,25)26)8-9-18(17)27-2/h6-12H,3-5H2,1-2H3,(H,22,23)(H2,21,25,26)/t12-/m1/s1. The number of aryl methyl sites for hydroxylation is 2. The predicted octanol–water partition coefficient (Wildman–Crippen LogP) is 2.02. The van der Waals surface area contributed by atoms with Crippen LogP contribution in [-0.2, 0) is 32.4 Å². The molecule has 1 aliphatic carbocycles. The smallest absolute Gasteiger partial charge is 0.342 e. The molecular formula is C20H22N2O6S. The van der Waals surface area contributed by atoms with Crippen LogP contribution in [-0.4, -0.2) is 33.5 Å². The van der Waals surface area contributed by atoms with E-state index >= 15 is 0 Å². The van der Waals surface area contributed by atoms with Gasteiger partial charge in [-0.25, -0.2) is 18.4 Å². The van der Waals surface area contributed by atoms with E-state index in [1.165, 1.54) is 37.3 Å². The van der Waals surface area contributed by atoms with Crippen molar-refractivity contribution in [3.8, 4) is 5.75 Å². The van der Waals surface area contributed by atoms with Gasteiger partial charge in [0.15, 0.2) is 6.10 Å². The first-order valence-electron chi connectivity index (χ1n) is 9.03. The Morgan fingerprint density at radius 2 is 1.83 bits per heavy atom. The van der Waals surface area contributed by atoms with Gasteiger partial charge in [-0.05, 0) is 67.6 Å². The SMILES string of the molecule is COc1ccc(S(N)(=O)=O)cc1C(=O)O[C@H](C)C(=O)Nc1ccc2c(c1)CCC2. The number of nitrogens with one attached hydrogen (secondary N) is 1. The van der Waals surface area contributed by atoms with Crippen LogP contribution in [0.25, 0.3) is 0 Å². The van der Waals surface area contributed by atoms with Crippen molar-refractivity contribution in [1.82, 2.24) is 0 Å². The molecule has 2 aromatic carbocycles. The van der Waals surface area contributed by atoms with E-state index in [2.05, 4.69) is 5.32 Å². The number of primary sulfonamides is 1. The van der Waals surface area contributed by atoms with E-state index in [-0.39, 0.29) is 16.2 Å². The lowest BCUT2D eigenvalue weighted by molar-refractivity contribution is -0.123. The third-order valence-corrected chi connectivity index (χ3v) is 5.65. The highest BCUT2D eigenvalue weighted by Gasteiger charge is 2.24. The van der Waals surface area contributed by atoms with E-state index in [0.717, 1.165) is 25.3 Å². The molecule has 0 saturated carbocycles. The van der Waals surface area contributed by atoms with Gasteiger partial charge in [0.1, 0.15) is 11.3 Å². The second kappa shape index (κ2) is 8.22. The number of benzene rings is 2. The lowest BCUT2D eigenvalue weighted by Crippen LogP contribution is -2.30. The Morgan fingerprint density at radius 3 is 2.52 bits per heavy atom. The average molecular weight is 418 g/mol. The molecule has 8 nitrogen and oxygen atoms in total. The van der Waals surface area contributed by atoms with Gasteiger partial charge in [-0.2, -0.15) is 0 Å². The first-order chi connectivity index (χ1) is 13.7. The molecule has 1 aliphatic rings. The van der Waals surface area contributed by atoms with Gasteiger partial charge in [-0.3, -0.25) is 4.79 Å². The molecule has 0 fully saturated rings. The van der Waals surface area contributed by atoms with Crippen molar-refractivity contribution < 1.29 is 27.5 Å². The summed E-state index contributed by atoms with van der Waals surface area (Å²) in [6, 6.07) is 9.29. The van der Waals surface area contributed by atoms with Crippen LogP contribution in [0.3, 0.4) is 0 Å². The number of anilines is 1. The van der Waals surface area contributed by atoms with Crippen LogP contribution in [0, 0.1) is 0 Å². The molecule has 0 radical (unpaired) electrons. The van der Waals surface area contributed by atoms with Gasteiger partial charge < -0.3 is 14.8 Å². The summed E-state index contributed by atoms with van der Waals surface area (Å²) in [5.41, 5.74) is 2.98. The lowest BCUT2D eigenvalue weighted by atomic mass is 10.1. The highest BCUT2D eigenvalue weighted by molar-refractivity contribution is 7.89. The molecule has 154 valence electrons. The van der Waals surface area contributed by atoms with Crippen LogP contribution in [0.1, 0.15) is 34.8 Å². The van der Waals surface area contributed by atoms with E-state index in [9.17, 15) is 18.0 Å². The summed E-state index contributed by atoms with van der Waals surface area (Å²) in [5, 5.41) is 7.84. The van der Waals surface area contributed by atoms with Gasteiger partial charge in [-0.1, -0.05) is 6.07 Å². The number of amides is 1. The Labute approximate surface area is 169 Å². The van der Waals surface area contributed by atoms with Crippen molar-refractivity contribution in [3.63, 3.8) is 0 Å². The minimum atomic E-state index is -4.02. The first-order valence-corrected chi connectivity index (χ1v) is 10.6. The third-order valence-electron chi connectivity index (χ3n) is 4.74. The van der Waals surface area contributed by atoms with Gasteiger partial charge in [0, 0.05) is 5.69 Å². The summed E-state index contributed by atoms with van der Waals surface area (Å²) >= 11 is 0. The second-order valence-corrected chi connectivity index (χ2v) is 8.34. The van der Waals surface area contributed by atoms with Crippen LogP contribution in [0.15, 0.2) is 41.3 Å². The Kier molecular flexibility index (Phi) is 5.90. The molecule has 3 N–H and O–H groups in total. The van der Waals surface area contributed by atoms with Crippen LogP contribution < -0.4 is 15.2 Å². The Balaban J connectivity index is 1.72. The number of hydrogen-bond acceptors (Lipinski definition) is 6. The van der Waals surface area contributed by atoms with Crippen LogP contribution >= 0.6 is 0 Å².